The van der Waals surface area contributed by atoms with E-state index in [-0.39, 0.29) is 37.5 Å². The average molecular weight is 757 g/mol. The Kier molecular flexibility index (Phi) is 41.0. The maximum absolute atomic E-state index is 12.7. The van der Waals surface area contributed by atoms with Gasteiger partial charge in [-0.1, -0.05) is 179 Å². The van der Waals surface area contributed by atoms with Gasteiger partial charge in [-0.15, -0.1) is 0 Å². The Balaban J connectivity index is 4.40. The van der Waals surface area contributed by atoms with E-state index >= 15 is 0 Å². The van der Waals surface area contributed by atoms with Crippen LogP contribution in [0.25, 0.3) is 0 Å². The fourth-order valence-corrected chi connectivity index (χ4v) is 6.16. The molecule has 6 nitrogen and oxygen atoms in total. The van der Waals surface area contributed by atoms with Crippen LogP contribution in [0.1, 0.15) is 220 Å². The highest BCUT2D eigenvalue weighted by atomic mass is 16.6. The number of allylic oxidation sites excluding steroid dienone is 8. The molecule has 6 heteroatoms. The molecule has 0 aliphatic heterocycles. The molecule has 54 heavy (non-hydrogen) atoms. The van der Waals surface area contributed by atoms with Crippen molar-refractivity contribution in [3.05, 3.63) is 48.6 Å². The highest BCUT2D eigenvalue weighted by molar-refractivity contribution is 5.71. The number of hydrogen-bond acceptors (Lipinski definition) is 6. The first-order chi connectivity index (χ1) is 26.5. The lowest BCUT2D eigenvalue weighted by atomic mass is 10.0. The topological polar surface area (TPSA) is 78.9 Å². The molecule has 0 N–H and O–H groups in total. The van der Waals surface area contributed by atoms with E-state index < -0.39 is 6.10 Å². The van der Waals surface area contributed by atoms with Crippen molar-refractivity contribution in [3.8, 4) is 0 Å². The third-order valence-corrected chi connectivity index (χ3v) is 9.57. The summed E-state index contributed by atoms with van der Waals surface area (Å²) in [5, 5.41) is 0. The average Bonchev–Trinajstić information content (AvgIpc) is 3.17. The summed E-state index contributed by atoms with van der Waals surface area (Å²) in [6, 6.07) is 0. The van der Waals surface area contributed by atoms with Gasteiger partial charge in [-0.25, -0.2) is 0 Å². The Morgan fingerprint density at radius 2 is 0.741 bits per heavy atom. The molecular formula is C48H84O6. The van der Waals surface area contributed by atoms with Crippen molar-refractivity contribution in [2.24, 2.45) is 0 Å². The van der Waals surface area contributed by atoms with Crippen LogP contribution < -0.4 is 0 Å². The van der Waals surface area contributed by atoms with Gasteiger partial charge in [0.2, 0.25) is 0 Å². The molecular weight excluding hydrogens is 673 g/mol. The first-order valence-electron chi connectivity index (χ1n) is 22.6. The van der Waals surface area contributed by atoms with Gasteiger partial charge < -0.3 is 14.2 Å². The van der Waals surface area contributed by atoms with E-state index in [2.05, 4.69) is 69.4 Å². The van der Waals surface area contributed by atoms with Crippen LogP contribution in [0.2, 0.25) is 0 Å². The van der Waals surface area contributed by atoms with Crippen molar-refractivity contribution < 1.29 is 28.6 Å². The standard InChI is InChI=1S/C48H84O6/c1-4-7-10-13-16-19-21-23-24-25-27-29-32-35-38-41-47(50)53-44-45(43-52-46(49)40-37-34-31-28-18-15-12-9-6-3)54-48(51)42-39-36-33-30-26-22-20-17-14-11-8-5-2/h8,11,17,20,26,28,30-31,45H,4-7,9-10,12-16,18-19,21-25,27,29,32-44H2,1-3H3/b11-8-,20-17-,30-26-,31-28-. The lowest BCUT2D eigenvalue weighted by Crippen LogP contribution is -2.30. The predicted octanol–water partition coefficient (Wildman–Crippen LogP) is 14.4. The van der Waals surface area contributed by atoms with Crippen molar-refractivity contribution in [1.29, 1.82) is 0 Å². The molecule has 0 spiro atoms. The van der Waals surface area contributed by atoms with Crippen molar-refractivity contribution in [2.75, 3.05) is 13.2 Å². The van der Waals surface area contributed by atoms with Gasteiger partial charge >= 0.3 is 17.9 Å². The minimum atomic E-state index is -0.798. The third kappa shape index (κ3) is 40.6. The molecule has 0 aromatic carbocycles. The monoisotopic (exact) mass is 757 g/mol. The molecule has 0 bridgehead atoms. The largest absolute Gasteiger partial charge is 0.462 e. The van der Waals surface area contributed by atoms with Crippen LogP contribution in [0, 0.1) is 0 Å². The molecule has 0 fully saturated rings. The van der Waals surface area contributed by atoms with Crippen LogP contribution in [0.4, 0.5) is 0 Å². The summed E-state index contributed by atoms with van der Waals surface area (Å²) in [6.07, 6.45) is 49.7. The maximum Gasteiger partial charge on any atom is 0.306 e. The molecule has 0 radical (unpaired) electrons. The van der Waals surface area contributed by atoms with Crippen molar-refractivity contribution in [1.82, 2.24) is 0 Å². The second-order valence-corrected chi connectivity index (χ2v) is 14.9. The lowest BCUT2D eigenvalue weighted by molar-refractivity contribution is -0.167. The fraction of sp³-hybridized carbons (Fsp3) is 0.771. The van der Waals surface area contributed by atoms with Crippen molar-refractivity contribution >= 4 is 17.9 Å². The van der Waals surface area contributed by atoms with Crippen LogP contribution in [-0.2, 0) is 28.6 Å². The van der Waals surface area contributed by atoms with E-state index in [0.29, 0.717) is 25.7 Å². The molecule has 0 rings (SSSR count). The number of hydrogen-bond donors (Lipinski definition) is 0. The van der Waals surface area contributed by atoms with Crippen molar-refractivity contribution in [2.45, 2.75) is 226 Å². The Bertz CT molecular complexity index is 964. The molecule has 0 heterocycles. The SMILES string of the molecule is CC/C=C\C/C=C\C/C=C\CCCCC(=O)OC(COC(=O)CCC/C=C\CCCCCC)COC(=O)CCCCCCCCCCCCCCCCC. The van der Waals surface area contributed by atoms with E-state index in [1.54, 1.807) is 0 Å². The molecule has 0 amide bonds. The van der Waals surface area contributed by atoms with Gasteiger partial charge in [0.1, 0.15) is 13.2 Å². The van der Waals surface area contributed by atoms with Crippen LogP contribution in [0.3, 0.4) is 0 Å². The highest BCUT2D eigenvalue weighted by Crippen LogP contribution is 2.14. The second-order valence-electron chi connectivity index (χ2n) is 14.9. The zero-order chi connectivity index (χ0) is 39.4. The highest BCUT2D eigenvalue weighted by Gasteiger charge is 2.19. The summed E-state index contributed by atoms with van der Waals surface area (Å²) in [4.78, 5) is 37.6. The third-order valence-electron chi connectivity index (χ3n) is 9.57. The number of ether oxygens (including phenoxy) is 3. The number of unbranched alkanes of at least 4 members (excludes halogenated alkanes) is 21. The van der Waals surface area contributed by atoms with E-state index in [0.717, 1.165) is 64.2 Å². The molecule has 0 saturated carbocycles. The summed E-state index contributed by atoms with van der Waals surface area (Å²) in [7, 11) is 0. The minimum absolute atomic E-state index is 0.0954. The summed E-state index contributed by atoms with van der Waals surface area (Å²) < 4.78 is 16.6. The molecule has 0 saturated heterocycles. The number of esters is 3. The van der Waals surface area contributed by atoms with Gasteiger partial charge in [0.05, 0.1) is 0 Å². The minimum Gasteiger partial charge on any atom is -0.462 e. The molecule has 1 atom stereocenters. The zero-order valence-corrected chi connectivity index (χ0v) is 35.5. The summed E-state index contributed by atoms with van der Waals surface area (Å²) in [5.41, 5.74) is 0. The van der Waals surface area contributed by atoms with Crippen LogP contribution in [0.15, 0.2) is 48.6 Å². The van der Waals surface area contributed by atoms with Crippen LogP contribution >= 0.6 is 0 Å². The van der Waals surface area contributed by atoms with Gasteiger partial charge in [-0.05, 0) is 70.6 Å². The number of carbonyl (C=O) groups excluding carboxylic acids is 3. The van der Waals surface area contributed by atoms with E-state index in [1.165, 1.54) is 103 Å². The van der Waals surface area contributed by atoms with Gasteiger partial charge in [0, 0.05) is 19.3 Å². The summed E-state index contributed by atoms with van der Waals surface area (Å²) in [5.74, 6) is -0.973. The first kappa shape index (κ1) is 51.4. The smallest absolute Gasteiger partial charge is 0.306 e. The fourth-order valence-electron chi connectivity index (χ4n) is 6.16. The van der Waals surface area contributed by atoms with Gasteiger partial charge in [0.25, 0.3) is 0 Å². The maximum atomic E-state index is 12.7. The summed E-state index contributed by atoms with van der Waals surface area (Å²) in [6.45, 7) is 6.42. The Morgan fingerprint density at radius 3 is 1.26 bits per heavy atom. The number of carbonyl (C=O) groups is 3. The van der Waals surface area contributed by atoms with Gasteiger partial charge in [-0.2, -0.15) is 0 Å². The quantitative estimate of drug-likeness (QED) is 0.0268. The molecule has 0 aliphatic carbocycles. The Hall–Kier alpha value is -2.63. The van der Waals surface area contributed by atoms with Gasteiger partial charge in [-0.3, -0.25) is 14.4 Å². The lowest BCUT2D eigenvalue weighted by Gasteiger charge is -2.18. The first-order valence-corrected chi connectivity index (χ1v) is 22.6. The van der Waals surface area contributed by atoms with Gasteiger partial charge in [0.15, 0.2) is 6.10 Å². The molecule has 0 aliphatic rings. The van der Waals surface area contributed by atoms with E-state index in [1.807, 2.05) is 0 Å². The molecule has 1 unspecified atom stereocenters. The zero-order valence-electron chi connectivity index (χ0n) is 35.5. The molecule has 312 valence electrons. The molecule has 0 aromatic heterocycles. The second kappa shape index (κ2) is 43.1. The Labute approximate surface area is 333 Å². The molecule has 0 aromatic rings. The van der Waals surface area contributed by atoms with Crippen molar-refractivity contribution in [3.63, 3.8) is 0 Å². The van der Waals surface area contributed by atoms with Crippen LogP contribution in [0.5, 0.6) is 0 Å². The predicted molar refractivity (Wildman–Crippen MR) is 229 cm³/mol. The van der Waals surface area contributed by atoms with E-state index in [4.69, 9.17) is 14.2 Å². The normalized spacial score (nSPS) is 12.4. The Morgan fingerprint density at radius 1 is 0.389 bits per heavy atom. The summed E-state index contributed by atoms with van der Waals surface area (Å²) >= 11 is 0. The number of rotatable bonds is 40. The van der Waals surface area contributed by atoms with Crippen LogP contribution in [-0.4, -0.2) is 37.2 Å². The van der Waals surface area contributed by atoms with E-state index in [9.17, 15) is 14.4 Å².